The Morgan fingerprint density at radius 3 is 1.73 bits per heavy atom. The van der Waals surface area contributed by atoms with Gasteiger partial charge in [-0.15, -0.1) is 0 Å². The van der Waals surface area contributed by atoms with Gasteiger partial charge in [0.2, 0.25) is 0 Å². The van der Waals surface area contributed by atoms with Crippen LogP contribution in [0.25, 0.3) is 5.53 Å². The molecule has 0 aliphatic rings. The second-order valence-corrected chi connectivity index (χ2v) is 2.48. The molecule has 0 unspecified atom stereocenters. The minimum Gasteiger partial charge on any atom is -0.392 e. The molecule has 0 heterocycles. The molecule has 4 nitrogen and oxygen atoms in total. The van der Waals surface area contributed by atoms with E-state index in [2.05, 4.69) is 15.9 Å². The van der Waals surface area contributed by atoms with Gasteiger partial charge >= 0.3 is 0 Å². The van der Waals surface area contributed by atoms with Crippen LogP contribution < -0.4 is 0 Å². The first-order chi connectivity index (χ1) is 5.13. The van der Waals surface area contributed by atoms with Crippen molar-refractivity contribution in [3.63, 3.8) is 0 Å². The topological polar surface area (TPSA) is 65.8 Å². The Morgan fingerprint density at radius 2 is 1.55 bits per heavy atom. The molecule has 0 aliphatic carbocycles. The lowest BCUT2D eigenvalue weighted by Crippen LogP contribution is -1.85. The van der Waals surface area contributed by atoms with Gasteiger partial charge in [0.25, 0.3) is 0 Å². The predicted molar refractivity (Wildman–Crippen MR) is 41.3 cm³/mol. The van der Waals surface area contributed by atoms with Crippen molar-refractivity contribution in [3.8, 4) is 0 Å². The van der Waals surface area contributed by atoms with Gasteiger partial charge in [-0.1, -0.05) is 34.1 Å². The first kappa shape index (κ1) is 9.90. The zero-order valence-corrected chi connectivity index (χ0v) is 7.14. The van der Waals surface area contributed by atoms with Crippen molar-refractivity contribution in [2.75, 3.05) is 0 Å². The van der Waals surface area contributed by atoms with Crippen LogP contribution in [0.1, 0.15) is 0 Å². The van der Waals surface area contributed by atoms with Gasteiger partial charge in [0, 0.05) is 4.47 Å². The smallest absolute Gasteiger partial charge is 0.117 e. The lowest BCUT2D eigenvalue weighted by molar-refractivity contribution is -0.969. The second kappa shape index (κ2) is 5.67. The Bertz CT molecular complexity index is 211. The Balaban J connectivity index is 0.000000218. The lowest BCUT2D eigenvalue weighted by atomic mass is 10.4. The molecule has 1 rings (SSSR count). The summed E-state index contributed by atoms with van der Waals surface area (Å²) in [6, 6.07) is 9.97. The fraction of sp³-hybridized carbons (Fsp3) is 0. The summed E-state index contributed by atoms with van der Waals surface area (Å²) in [4.78, 5) is 0. The maximum absolute atomic E-state index is 7.00. The molecular weight excluding hydrogens is 212 g/mol. The largest absolute Gasteiger partial charge is 0.392 e. The highest BCUT2D eigenvalue weighted by Crippen LogP contribution is 2.05. The van der Waals surface area contributed by atoms with Gasteiger partial charge in [-0.05, 0) is 12.1 Å². The Labute approximate surface area is 72.2 Å². The molecule has 0 aliphatic heterocycles. The van der Waals surface area contributed by atoms with Gasteiger partial charge in [-0.25, -0.2) is 0 Å². The van der Waals surface area contributed by atoms with Crippen molar-refractivity contribution in [1.82, 2.24) is 0 Å². The average molecular weight is 219 g/mol. The fourth-order valence-electron chi connectivity index (χ4n) is 0.415. The summed E-state index contributed by atoms with van der Waals surface area (Å²) in [6.45, 7) is 0. The summed E-state index contributed by atoms with van der Waals surface area (Å²) in [5, 5.41) is 13.0. The Kier molecular flexibility index (Phi) is 5.10. The normalized spacial score (nSPS) is 7.73. The number of halogens is 1. The highest BCUT2D eigenvalue weighted by atomic mass is 79.9. The summed E-state index contributed by atoms with van der Waals surface area (Å²) in [5.74, 6) is 0. The van der Waals surface area contributed by atoms with E-state index >= 15 is 0 Å². The van der Waals surface area contributed by atoms with E-state index in [0.29, 0.717) is 0 Å². The Hall–Kier alpha value is -1.10. The summed E-state index contributed by atoms with van der Waals surface area (Å²) in [5.41, 5.74) is 7.00. The van der Waals surface area contributed by atoms with E-state index in [1.807, 2.05) is 30.3 Å². The zero-order chi connectivity index (χ0) is 8.69. The SMILES string of the molecule is Brc1ccccc1.[N-]=[N+](O)O. The van der Waals surface area contributed by atoms with Crippen LogP contribution in [0.2, 0.25) is 0 Å². The molecule has 0 saturated carbocycles. The minimum atomic E-state index is -1.00. The first-order valence-corrected chi connectivity index (χ1v) is 3.49. The van der Waals surface area contributed by atoms with Gasteiger partial charge in [0.1, 0.15) is 5.02 Å². The molecule has 0 fully saturated rings. The summed E-state index contributed by atoms with van der Waals surface area (Å²) in [7, 11) is 0. The first-order valence-electron chi connectivity index (χ1n) is 2.70. The van der Waals surface area contributed by atoms with Crippen LogP contribution in [-0.4, -0.2) is 15.4 Å². The van der Waals surface area contributed by atoms with E-state index in [-0.39, 0.29) is 0 Å². The van der Waals surface area contributed by atoms with E-state index < -0.39 is 5.02 Å². The van der Waals surface area contributed by atoms with Crippen molar-refractivity contribution in [2.45, 2.75) is 0 Å². The number of nitrogens with zero attached hydrogens (tertiary/aromatic N) is 2. The van der Waals surface area contributed by atoms with Crippen LogP contribution in [0.5, 0.6) is 0 Å². The van der Waals surface area contributed by atoms with Gasteiger partial charge in [-0.2, -0.15) is 0 Å². The highest BCUT2D eigenvalue weighted by molar-refractivity contribution is 9.10. The van der Waals surface area contributed by atoms with E-state index in [1.165, 1.54) is 0 Å². The van der Waals surface area contributed by atoms with Crippen molar-refractivity contribution >= 4 is 15.9 Å². The molecule has 0 radical (unpaired) electrons. The molecule has 0 aromatic heterocycles. The number of rotatable bonds is 0. The average Bonchev–Trinajstić information content (AvgIpc) is 1.87. The number of benzene rings is 1. The number of hydrogen-bond acceptors (Lipinski definition) is 0. The highest BCUT2D eigenvalue weighted by Gasteiger charge is 1.74. The third kappa shape index (κ3) is 8.90. The molecule has 0 amide bonds. The molecule has 5 heteroatoms. The quantitative estimate of drug-likeness (QED) is 0.519. The molecule has 0 atom stereocenters. The summed E-state index contributed by atoms with van der Waals surface area (Å²) in [6.07, 6.45) is 0. The minimum absolute atomic E-state index is 1.00. The summed E-state index contributed by atoms with van der Waals surface area (Å²) < 4.78 is 1.13. The third-order valence-electron chi connectivity index (χ3n) is 0.733. The van der Waals surface area contributed by atoms with Crippen LogP contribution in [0.3, 0.4) is 0 Å². The monoisotopic (exact) mass is 218 g/mol. The van der Waals surface area contributed by atoms with E-state index in [1.54, 1.807) is 0 Å². The van der Waals surface area contributed by atoms with Crippen molar-refractivity contribution in [2.24, 2.45) is 0 Å². The van der Waals surface area contributed by atoms with Crippen molar-refractivity contribution in [1.29, 1.82) is 0 Å². The van der Waals surface area contributed by atoms with Crippen molar-refractivity contribution < 1.29 is 15.4 Å². The standard InChI is InChI=1S/C6H5Br.H2N2O2/c7-6-4-2-1-3-5-6;1-2(3)4/h1-5H;3-4H. The van der Waals surface area contributed by atoms with Crippen LogP contribution in [0.15, 0.2) is 34.8 Å². The molecule has 0 bridgehead atoms. The maximum atomic E-state index is 7.00. The van der Waals surface area contributed by atoms with E-state index in [9.17, 15) is 0 Å². The molecular formula is C6H7BrN2O2. The summed E-state index contributed by atoms with van der Waals surface area (Å²) >= 11 is 3.31. The van der Waals surface area contributed by atoms with Crippen LogP contribution >= 0.6 is 15.9 Å². The van der Waals surface area contributed by atoms with Crippen LogP contribution in [-0.2, 0) is 0 Å². The molecule has 11 heavy (non-hydrogen) atoms. The van der Waals surface area contributed by atoms with Gasteiger partial charge in [-0.3, -0.25) is 10.4 Å². The predicted octanol–water partition coefficient (Wildman–Crippen LogP) is 2.25. The molecule has 1 aromatic rings. The van der Waals surface area contributed by atoms with Crippen LogP contribution in [0.4, 0.5) is 0 Å². The fourth-order valence-corrected chi connectivity index (χ4v) is 0.720. The Morgan fingerprint density at radius 1 is 1.18 bits per heavy atom. The van der Waals surface area contributed by atoms with Gasteiger partial charge < -0.3 is 5.53 Å². The molecule has 0 saturated heterocycles. The molecule has 1 aromatic carbocycles. The third-order valence-corrected chi connectivity index (χ3v) is 1.26. The zero-order valence-electron chi connectivity index (χ0n) is 5.55. The second-order valence-electron chi connectivity index (χ2n) is 1.56. The maximum Gasteiger partial charge on any atom is 0.117 e. The number of hydrogen-bond donors (Lipinski definition) is 2. The van der Waals surface area contributed by atoms with E-state index in [4.69, 9.17) is 15.9 Å². The van der Waals surface area contributed by atoms with Gasteiger partial charge in [0.15, 0.2) is 0 Å². The molecule has 0 spiro atoms. The van der Waals surface area contributed by atoms with Crippen molar-refractivity contribution in [3.05, 3.63) is 40.3 Å². The van der Waals surface area contributed by atoms with Crippen LogP contribution in [0, 0.1) is 0 Å². The molecule has 2 N–H and O–H groups in total. The molecule has 60 valence electrons. The van der Waals surface area contributed by atoms with Gasteiger partial charge in [0.05, 0.1) is 0 Å². The van der Waals surface area contributed by atoms with E-state index in [0.717, 1.165) is 4.47 Å². The lowest BCUT2D eigenvalue weighted by Gasteiger charge is -1.80.